The number of nitrogens with two attached hydrogens (primary N) is 1. The van der Waals surface area contributed by atoms with Crippen LogP contribution in [0.5, 0.6) is 0 Å². The van der Waals surface area contributed by atoms with Crippen LogP contribution in [0.15, 0.2) is 59.5 Å². The second-order valence-electron chi connectivity index (χ2n) is 6.33. The molecule has 28 heavy (non-hydrogen) atoms. The summed E-state index contributed by atoms with van der Waals surface area (Å²) < 4.78 is 28.1. The number of benzene rings is 3. The molecule has 0 spiro atoms. The lowest BCUT2D eigenvalue weighted by Crippen LogP contribution is -2.28. The van der Waals surface area contributed by atoms with Crippen LogP contribution in [0.1, 0.15) is 22.0 Å². The zero-order valence-corrected chi connectivity index (χ0v) is 16.2. The first-order valence-corrected chi connectivity index (χ1v) is 9.75. The normalized spacial score (nSPS) is 13.8. The molecule has 0 aromatic heterocycles. The van der Waals surface area contributed by atoms with Crippen molar-refractivity contribution in [2.24, 2.45) is 0 Å². The van der Waals surface area contributed by atoms with Crippen molar-refractivity contribution in [2.45, 2.75) is 11.0 Å². The first-order valence-electron chi connectivity index (χ1n) is 8.27. The lowest BCUT2D eigenvalue weighted by molar-refractivity contribution is 0.103. The second-order valence-corrected chi connectivity index (χ2v) is 8.06. The maximum absolute atomic E-state index is 12.8. The fraction of sp³-hybridized carbons (Fsp3) is 0.105. The summed E-state index contributed by atoms with van der Waals surface area (Å²) >= 11 is 0. The molecule has 1 amide bonds. The van der Waals surface area contributed by atoms with E-state index in [1.807, 2.05) is 0 Å². The van der Waals surface area contributed by atoms with E-state index in [1.54, 1.807) is 48.5 Å². The van der Waals surface area contributed by atoms with E-state index in [2.05, 4.69) is 10.0 Å². The van der Waals surface area contributed by atoms with Gasteiger partial charge < -0.3 is 16.2 Å². The third-order valence-electron chi connectivity index (χ3n) is 4.57. The number of amides is 1. The van der Waals surface area contributed by atoms with Crippen molar-refractivity contribution in [3.8, 4) is 0 Å². The van der Waals surface area contributed by atoms with E-state index in [0.717, 1.165) is 0 Å². The molecule has 0 bridgehead atoms. The van der Waals surface area contributed by atoms with E-state index >= 15 is 0 Å². The van der Waals surface area contributed by atoms with Gasteiger partial charge >= 0.3 is 0 Å². The summed E-state index contributed by atoms with van der Waals surface area (Å²) in [7, 11) is -3.90. The Labute approximate surface area is 168 Å². The molecule has 0 fully saturated rings. The number of aliphatic hydroxyl groups excluding tert-OH is 1. The topological polar surface area (TPSA) is 122 Å². The number of halogens is 1. The molecule has 1 aliphatic heterocycles. The van der Waals surface area contributed by atoms with Crippen LogP contribution in [0, 0.1) is 0 Å². The van der Waals surface area contributed by atoms with Crippen molar-refractivity contribution in [2.75, 3.05) is 17.6 Å². The Bertz CT molecular complexity index is 1160. The number of hydrogen-bond donors (Lipinski definition) is 4. The van der Waals surface area contributed by atoms with Crippen LogP contribution >= 0.6 is 12.4 Å². The predicted octanol–water partition coefficient (Wildman–Crippen LogP) is 2.42. The van der Waals surface area contributed by atoms with Crippen molar-refractivity contribution in [1.82, 2.24) is 4.72 Å². The number of nitrogens with one attached hydrogen (secondary N) is 2. The van der Waals surface area contributed by atoms with Crippen LogP contribution in [0.3, 0.4) is 0 Å². The molecule has 1 aliphatic rings. The number of carbonyl (C=O) groups is 1. The Morgan fingerprint density at radius 1 is 1.07 bits per heavy atom. The van der Waals surface area contributed by atoms with Crippen LogP contribution in [0.2, 0.25) is 0 Å². The van der Waals surface area contributed by atoms with E-state index in [1.165, 1.54) is 6.07 Å². The molecular formula is C19H18ClN3O4S. The van der Waals surface area contributed by atoms with Crippen LogP contribution in [-0.4, -0.2) is 26.0 Å². The first kappa shape index (κ1) is 20.1. The average Bonchev–Trinajstić information content (AvgIpc) is 2.98. The van der Waals surface area contributed by atoms with Gasteiger partial charge in [-0.15, -0.1) is 12.4 Å². The lowest BCUT2D eigenvalue weighted by atomic mass is 10.1. The van der Waals surface area contributed by atoms with Crippen molar-refractivity contribution in [3.05, 3.63) is 65.7 Å². The standard InChI is InChI=1S/C19H17N3O4S.ClH/c20-12-6-4-11(5-7-12)16(23)10-21-27(25,26)17-9-8-15-18-13(17)2-1-3-14(18)19(24)22-15;/h1-9,16,21,23H,10,20H2,(H,22,24);1H. The minimum Gasteiger partial charge on any atom is -0.399 e. The van der Waals surface area contributed by atoms with E-state index in [9.17, 15) is 18.3 Å². The highest BCUT2D eigenvalue weighted by Crippen LogP contribution is 2.36. The molecule has 3 aromatic carbocycles. The minimum atomic E-state index is -3.90. The van der Waals surface area contributed by atoms with Gasteiger partial charge in [0.1, 0.15) is 0 Å². The molecule has 1 atom stereocenters. The Morgan fingerprint density at radius 2 is 1.79 bits per heavy atom. The Balaban J connectivity index is 0.00000225. The van der Waals surface area contributed by atoms with Gasteiger partial charge in [0.15, 0.2) is 0 Å². The Morgan fingerprint density at radius 3 is 2.50 bits per heavy atom. The highest BCUT2D eigenvalue weighted by molar-refractivity contribution is 7.89. The molecule has 0 aliphatic carbocycles. The van der Waals surface area contributed by atoms with E-state index in [-0.39, 0.29) is 29.8 Å². The van der Waals surface area contributed by atoms with Crippen LogP contribution < -0.4 is 15.8 Å². The Kier molecular flexibility index (Phi) is 5.31. The SMILES string of the molecule is Cl.Nc1ccc(C(O)CNS(=O)(=O)c2ccc3c4c(cccc24)C(=O)N3)cc1. The summed E-state index contributed by atoms with van der Waals surface area (Å²) in [5, 5.41) is 14.0. The molecule has 0 saturated carbocycles. The van der Waals surface area contributed by atoms with Gasteiger partial charge in [-0.25, -0.2) is 13.1 Å². The second kappa shape index (κ2) is 7.40. The zero-order chi connectivity index (χ0) is 19.2. The molecule has 5 N–H and O–H groups in total. The minimum absolute atomic E-state index is 0. The number of rotatable bonds is 5. The van der Waals surface area contributed by atoms with Crippen LogP contribution in [0.4, 0.5) is 11.4 Å². The van der Waals surface area contributed by atoms with E-state index in [0.29, 0.717) is 33.3 Å². The Hall–Kier alpha value is -2.65. The molecule has 0 saturated heterocycles. The molecule has 1 unspecified atom stereocenters. The maximum Gasteiger partial charge on any atom is 0.256 e. The monoisotopic (exact) mass is 419 g/mol. The predicted molar refractivity (Wildman–Crippen MR) is 110 cm³/mol. The van der Waals surface area contributed by atoms with Crippen molar-refractivity contribution >= 4 is 50.5 Å². The summed E-state index contributed by atoms with van der Waals surface area (Å²) in [4.78, 5) is 12.0. The van der Waals surface area contributed by atoms with Gasteiger partial charge in [-0.1, -0.05) is 24.3 Å². The fourth-order valence-corrected chi connectivity index (χ4v) is 4.44. The summed E-state index contributed by atoms with van der Waals surface area (Å²) in [6.45, 7) is -0.188. The van der Waals surface area contributed by atoms with Crippen LogP contribution in [-0.2, 0) is 10.0 Å². The van der Waals surface area contributed by atoms with Gasteiger partial charge in [-0.2, -0.15) is 0 Å². The molecule has 4 rings (SSSR count). The molecule has 0 radical (unpaired) electrons. The number of carbonyl (C=O) groups excluding carboxylic acids is 1. The summed E-state index contributed by atoms with van der Waals surface area (Å²) in [5.41, 5.74) is 7.77. The van der Waals surface area contributed by atoms with Crippen LogP contribution in [0.25, 0.3) is 10.8 Å². The number of anilines is 2. The molecule has 3 aromatic rings. The highest BCUT2D eigenvalue weighted by atomic mass is 35.5. The van der Waals surface area contributed by atoms with Gasteiger partial charge in [0.25, 0.3) is 5.91 Å². The van der Waals surface area contributed by atoms with Crippen molar-refractivity contribution < 1.29 is 18.3 Å². The van der Waals surface area contributed by atoms with E-state index in [4.69, 9.17) is 5.73 Å². The quantitative estimate of drug-likeness (QED) is 0.473. The third-order valence-corrected chi connectivity index (χ3v) is 6.05. The third kappa shape index (κ3) is 3.43. The summed E-state index contributed by atoms with van der Waals surface area (Å²) in [6.07, 6.45) is -1.01. The van der Waals surface area contributed by atoms with Crippen molar-refractivity contribution in [3.63, 3.8) is 0 Å². The molecule has 9 heteroatoms. The van der Waals surface area contributed by atoms with Gasteiger partial charge in [0.05, 0.1) is 11.0 Å². The van der Waals surface area contributed by atoms with Crippen molar-refractivity contribution in [1.29, 1.82) is 0 Å². The van der Waals surface area contributed by atoms with Gasteiger partial charge in [0, 0.05) is 34.3 Å². The lowest BCUT2D eigenvalue weighted by Gasteiger charge is -2.14. The van der Waals surface area contributed by atoms with E-state index < -0.39 is 16.1 Å². The molecule has 7 nitrogen and oxygen atoms in total. The largest absolute Gasteiger partial charge is 0.399 e. The smallest absolute Gasteiger partial charge is 0.256 e. The van der Waals surface area contributed by atoms with Gasteiger partial charge in [-0.3, -0.25) is 4.79 Å². The molecule has 1 heterocycles. The number of nitrogen functional groups attached to an aromatic ring is 1. The highest BCUT2D eigenvalue weighted by Gasteiger charge is 2.26. The fourth-order valence-electron chi connectivity index (χ4n) is 3.20. The van der Waals surface area contributed by atoms with Gasteiger partial charge in [-0.05, 0) is 35.9 Å². The number of aliphatic hydroxyl groups is 1. The van der Waals surface area contributed by atoms with Gasteiger partial charge in [0.2, 0.25) is 10.0 Å². The maximum atomic E-state index is 12.8. The summed E-state index contributed by atoms with van der Waals surface area (Å²) in [6, 6.07) is 14.5. The first-order chi connectivity index (χ1) is 12.9. The number of sulfonamides is 1. The summed E-state index contributed by atoms with van der Waals surface area (Å²) in [5.74, 6) is -0.253. The molecule has 146 valence electrons. The zero-order valence-electron chi connectivity index (χ0n) is 14.5. The molecular weight excluding hydrogens is 402 g/mol. The number of hydrogen-bond acceptors (Lipinski definition) is 5. The average molecular weight is 420 g/mol.